The standard InChI is InChI=1S/C13H14N2O4/c1-2-6-11(18-10-7-4-3-5-8-10)9-15-12(16)14-13(17)19-15/h2-8,11H,9H2,1H3,(H,14,16,17). The van der Waals surface area contributed by atoms with Gasteiger partial charge in [-0.2, -0.15) is 0 Å². The molecule has 1 heterocycles. The van der Waals surface area contributed by atoms with Gasteiger partial charge in [0.15, 0.2) is 0 Å². The van der Waals surface area contributed by atoms with Crippen LogP contribution >= 0.6 is 0 Å². The van der Waals surface area contributed by atoms with Gasteiger partial charge in [-0.15, -0.1) is 4.74 Å². The molecule has 0 fully saturated rings. The average Bonchev–Trinajstić information content (AvgIpc) is 2.69. The Labute approximate surface area is 108 Å². The molecule has 0 aliphatic rings. The Balaban J connectivity index is 2.15. The fourth-order valence-corrected chi connectivity index (χ4v) is 1.62. The van der Waals surface area contributed by atoms with Crippen LogP contribution in [0.2, 0.25) is 0 Å². The zero-order valence-corrected chi connectivity index (χ0v) is 10.4. The molecule has 1 aromatic heterocycles. The van der Waals surface area contributed by atoms with Crippen LogP contribution in [0.4, 0.5) is 0 Å². The van der Waals surface area contributed by atoms with Crippen molar-refractivity contribution in [2.75, 3.05) is 0 Å². The van der Waals surface area contributed by atoms with E-state index in [0.29, 0.717) is 5.75 Å². The van der Waals surface area contributed by atoms with Crippen LogP contribution in [0.25, 0.3) is 0 Å². The van der Waals surface area contributed by atoms with Gasteiger partial charge in [-0.25, -0.2) is 14.6 Å². The highest BCUT2D eigenvalue weighted by Gasteiger charge is 2.12. The average molecular weight is 262 g/mol. The van der Waals surface area contributed by atoms with E-state index in [1.807, 2.05) is 48.3 Å². The molecule has 0 saturated carbocycles. The van der Waals surface area contributed by atoms with E-state index in [-0.39, 0.29) is 6.54 Å². The Bertz CT molecular complexity index is 651. The smallest absolute Gasteiger partial charge is 0.440 e. The number of para-hydroxylation sites is 1. The normalized spacial score (nSPS) is 12.7. The fourth-order valence-electron chi connectivity index (χ4n) is 1.62. The number of hydrogen-bond acceptors (Lipinski definition) is 4. The summed E-state index contributed by atoms with van der Waals surface area (Å²) in [4.78, 5) is 24.3. The Kier molecular flexibility index (Phi) is 4.02. The van der Waals surface area contributed by atoms with Crippen LogP contribution in [0.15, 0.2) is 56.6 Å². The summed E-state index contributed by atoms with van der Waals surface area (Å²) >= 11 is 0. The summed E-state index contributed by atoms with van der Waals surface area (Å²) in [5.74, 6) is -0.0968. The molecule has 6 nitrogen and oxygen atoms in total. The van der Waals surface area contributed by atoms with E-state index in [9.17, 15) is 9.59 Å². The molecule has 2 rings (SSSR count). The third kappa shape index (κ3) is 3.48. The van der Waals surface area contributed by atoms with Gasteiger partial charge in [-0.3, -0.25) is 0 Å². The van der Waals surface area contributed by atoms with E-state index in [1.54, 1.807) is 6.08 Å². The highest BCUT2D eigenvalue weighted by Crippen LogP contribution is 2.12. The molecule has 1 N–H and O–H groups in total. The van der Waals surface area contributed by atoms with E-state index in [4.69, 9.17) is 9.26 Å². The molecule has 1 atom stereocenters. The van der Waals surface area contributed by atoms with Gasteiger partial charge in [-0.1, -0.05) is 24.3 Å². The van der Waals surface area contributed by atoms with Gasteiger partial charge in [0.2, 0.25) is 0 Å². The maximum absolute atomic E-state index is 11.4. The SMILES string of the molecule is CC=CC(Cn1oc(=O)[nH]c1=O)Oc1ccccc1. The first kappa shape index (κ1) is 12.9. The molecule has 1 unspecified atom stereocenters. The zero-order chi connectivity index (χ0) is 13.7. The summed E-state index contributed by atoms with van der Waals surface area (Å²) in [6.07, 6.45) is 3.19. The van der Waals surface area contributed by atoms with Crippen LogP contribution in [0.1, 0.15) is 6.92 Å². The van der Waals surface area contributed by atoms with Gasteiger partial charge >= 0.3 is 11.4 Å². The summed E-state index contributed by atoms with van der Waals surface area (Å²) < 4.78 is 11.3. The molecule has 0 bridgehead atoms. The van der Waals surface area contributed by atoms with Crippen molar-refractivity contribution in [3.8, 4) is 5.75 Å². The molecule has 0 aliphatic carbocycles. The lowest BCUT2D eigenvalue weighted by atomic mass is 10.3. The molecular weight excluding hydrogens is 248 g/mol. The third-order valence-corrected chi connectivity index (χ3v) is 2.41. The minimum atomic E-state index is -0.774. The molecule has 1 aromatic carbocycles. The van der Waals surface area contributed by atoms with Gasteiger partial charge in [-0.05, 0) is 25.1 Å². The molecule has 0 spiro atoms. The number of allylic oxidation sites excluding steroid dienone is 1. The van der Waals surface area contributed by atoms with Crippen molar-refractivity contribution >= 4 is 0 Å². The first-order valence-electron chi connectivity index (χ1n) is 5.84. The number of aromatic amines is 1. The van der Waals surface area contributed by atoms with Crippen molar-refractivity contribution in [1.29, 1.82) is 0 Å². The Hall–Kier alpha value is -2.50. The van der Waals surface area contributed by atoms with Gasteiger partial charge in [0.25, 0.3) is 0 Å². The molecule has 0 amide bonds. The first-order chi connectivity index (χ1) is 9.19. The number of nitrogens with one attached hydrogen (secondary N) is 1. The molecule has 0 saturated heterocycles. The van der Waals surface area contributed by atoms with Crippen molar-refractivity contribution in [2.45, 2.75) is 19.6 Å². The second-order valence-electron chi connectivity index (χ2n) is 3.87. The van der Waals surface area contributed by atoms with Crippen molar-refractivity contribution in [2.24, 2.45) is 0 Å². The predicted octanol–water partition coefficient (Wildman–Crippen LogP) is 1.15. The largest absolute Gasteiger partial charge is 0.484 e. The zero-order valence-electron chi connectivity index (χ0n) is 10.4. The lowest BCUT2D eigenvalue weighted by molar-refractivity contribution is 0.156. The molecular formula is C13H14N2O4. The van der Waals surface area contributed by atoms with Crippen LogP contribution in [0.3, 0.4) is 0 Å². The first-order valence-corrected chi connectivity index (χ1v) is 5.84. The second-order valence-corrected chi connectivity index (χ2v) is 3.87. The van der Waals surface area contributed by atoms with E-state index >= 15 is 0 Å². The van der Waals surface area contributed by atoms with Crippen molar-refractivity contribution in [3.63, 3.8) is 0 Å². The van der Waals surface area contributed by atoms with Gasteiger partial charge in [0.05, 0.1) is 0 Å². The summed E-state index contributed by atoms with van der Waals surface area (Å²) in [7, 11) is 0. The highest BCUT2D eigenvalue weighted by atomic mass is 16.5. The number of rotatable bonds is 5. The second kappa shape index (κ2) is 5.90. The van der Waals surface area contributed by atoms with E-state index in [1.165, 1.54) is 0 Å². The van der Waals surface area contributed by atoms with Crippen LogP contribution < -0.4 is 16.2 Å². The number of H-pyrrole nitrogens is 1. The minimum Gasteiger partial charge on any atom is -0.484 e. The Morgan fingerprint density at radius 1 is 1.37 bits per heavy atom. The maximum Gasteiger partial charge on any atom is 0.440 e. The summed E-state index contributed by atoms with van der Waals surface area (Å²) in [5, 5.41) is 0. The summed E-state index contributed by atoms with van der Waals surface area (Å²) in [5.41, 5.74) is -0.587. The van der Waals surface area contributed by atoms with Gasteiger partial charge in [0.1, 0.15) is 18.4 Å². The number of aromatic nitrogens is 2. The van der Waals surface area contributed by atoms with Crippen LogP contribution in [-0.2, 0) is 6.54 Å². The molecule has 19 heavy (non-hydrogen) atoms. The third-order valence-electron chi connectivity index (χ3n) is 2.41. The lowest BCUT2D eigenvalue weighted by Gasteiger charge is -2.14. The quantitative estimate of drug-likeness (QED) is 0.820. The monoisotopic (exact) mass is 262 g/mol. The van der Waals surface area contributed by atoms with Crippen LogP contribution in [0.5, 0.6) is 5.75 Å². The number of ether oxygens (including phenoxy) is 1. The number of benzene rings is 1. The van der Waals surface area contributed by atoms with Gasteiger partial charge in [0, 0.05) is 0 Å². The van der Waals surface area contributed by atoms with Crippen molar-refractivity contribution in [3.05, 3.63) is 63.5 Å². The van der Waals surface area contributed by atoms with Gasteiger partial charge < -0.3 is 9.26 Å². The lowest BCUT2D eigenvalue weighted by Crippen LogP contribution is -2.27. The summed E-state index contributed by atoms with van der Waals surface area (Å²) in [6, 6.07) is 9.21. The fraction of sp³-hybridized carbons (Fsp3) is 0.231. The Morgan fingerprint density at radius 3 is 2.68 bits per heavy atom. The van der Waals surface area contributed by atoms with Crippen LogP contribution in [-0.4, -0.2) is 15.8 Å². The van der Waals surface area contributed by atoms with E-state index in [2.05, 4.69) is 0 Å². The molecule has 6 heteroatoms. The highest BCUT2D eigenvalue weighted by molar-refractivity contribution is 5.21. The number of nitrogens with zero attached hydrogens (tertiary/aromatic N) is 1. The van der Waals surface area contributed by atoms with Crippen LogP contribution in [0, 0.1) is 0 Å². The minimum absolute atomic E-state index is 0.122. The molecule has 100 valence electrons. The number of hydrogen-bond donors (Lipinski definition) is 1. The summed E-state index contributed by atoms with van der Waals surface area (Å²) in [6.45, 7) is 1.97. The van der Waals surface area contributed by atoms with E-state index < -0.39 is 17.5 Å². The molecule has 0 aliphatic heterocycles. The maximum atomic E-state index is 11.4. The van der Waals surface area contributed by atoms with Crippen molar-refractivity contribution in [1.82, 2.24) is 9.72 Å². The van der Waals surface area contributed by atoms with E-state index in [0.717, 1.165) is 4.74 Å². The Morgan fingerprint density at radius 2 is 2.11 bits per heavy atom. The topological polar surface area (TPSA) is 77.2 Å². The molecule has 0 radical (unpaired) electrons. The molecule has 2 aromatic rings. The van der Waals surface area contributed by atoms with Crippen molar-refractivity contribution < 1.29 is 9.26 Å². The predicted molar refractivity (Wildman–Crippen MR) is 69.3 cm³/mol.